The van der Waals surface area contributed by atoms with Crippen molar-refractivity contribution >= 4 is 5.69 Å². The summed E-state index contributed by atoms with van der Waals surface area (Å²) >= 11 is 0. The van der Waals surface area contributed by atoms with Crippen LogP contribution in [0.5, 0.6) is 11.5 Å². The molecule has 3 aliphatic heterocycles. The van der Waals surface area contributed by atoms with Crippen molar-refractivity contribution in [2.45, 2.75) is 24.8 Å². The van der Waals surface area contributed by atoms with E-state index in [4.69, 9.17) is 9.47 Å². The maximum Gasteiger partial charge on any atom is 0.142 e. The van der Waals surface area contributed by atoms with E-state index in [1.807, 2.05) is 0 Å². The molecule has 0 amide bonds. The van der Waals surface area contributed by atoms with E-state index in [-0.39, 0.29) is 5.82 Å². The fourth-order valence-corrected chi connectivity index (χ4v) is 4.86. The Balaban J connectivity index is 1.18. The lowest BCUT2D eigenvalue weighted by atomic mass is 9.89. The summed E-state index contributed by atoms with van der Waals surface area (Å²) in [7, 11) is 0. The van der Waals surface area contributed by atoms with Gasteiger partial charge in [-0.15, -0.1) is 0 Å². The second-order valence-electron chi connectivity index (χ2n) is 7.65. The van der Waals surface area contributed by atoms with Crippen molar-refractivity contribution in [2.24, 2.45) is 0 Å². The lowest BCUT2D eigenvalue weighted by molar-refractivity contribution is 0.175. The average Bonchev–Trinajstić information content (AvgIpc) is 3.02. The van der Waals surface area contributed by atoms with E-state index in [0.29, 0.717) is 18.6 Å². The van der Waals surface area contributed by atoms with Gasteiger partial charge in [0, 0.05) is 31.6 Å². The minimum absolute atomic E-state index is 0.228. The normalized spacial score (nSPS) is 23.5. The highest BCUT2D eigenvalue weighted by molar-refractivity contribution is 5.71. The van der Waals surface area contributed by atoms with E-state index in [1.54, 1.807) is 12.1 Å². The molecule has 0 radical (unpaired) electrons. The molecular formula is C22H25FN2O2. The number of anilines is 1. The number of hydrogen-bond acceptors (Lipinski definition) is 4. The maximum absolute atomic E-state index is 12.9. The van der Waals surface area contributed by atoms with Gasteiger partial charge in [-0.1, -0.05) is 12.1 Å². The first kappa shape index (κ1) is 16.9. The molecule has 142 valence electrons. The molecular weight excluding hydrogens is 343 g/mol. The number of fused-ring (bicyclic) bond motifs is 3. The molecule has 2 aromatic rings. The number of halogens is 1. The van der Waals surface area contributed by atoms with Crippen molar-refractivity contribution in [3.8, 4) is 11.5 Å². The third-order valence-corrected chi connectivity index (χ3v) is 6.07. The van der Waals surface area contributed by atoms with Gasteiger partial charge in [0.05, 0.1) is 18.8 Å². The highest BCUT2D eigenvalue weighted by atomic mass is 19.1. The number of rotatable bonds is 5. The van der Waals surface area contributed by atoms with Crippen molar-refractivity contribution in [3.63, 3.8) is 0 Å². The molecule has 0 N–H and O–H groups in total. The van der Waals surface area contributed by atoms with E-state index in [9.17, 15) is 4.39 Å². The van der Waals surface area contributed by atoms with Gasteiger partial charge >= 0.3 is 0 Å². The van der Waals surface area contributed by atoms with Crippen LogP contribution in [0, 0.1) is 5.82 Å². The lowest BCUT2D eigenvalue weighted by Gasteiger charge is -2.40. The first-order valence-corrected chi connectivity index (χ1v) is 9.93. The van der Waals surface area contributed by atoms with Crippen molar-refractivity contribution < 1.29 is 13.9 Å². The largest absolute Gasteiger partial charge is 0.494 e. The number of nitrogens with zero attached hydrogens (tertiary/aromatic N) is 2. The van der Waals surface area contributed by atoms with Gasteiger partial charge in [-0.3, -0.25) is 0 Å². The molecule has 0 aromatic heterocycles. The first-order valence-electron chi connectivity index (χ1n) is 9.93. The van der Waals surface area contributed by atoms with Crippen molar-refractivity contribution in [3.05, 3.63) is 53.8 Å². The molecule has 5 rings (SSSR count). The van der Waals surface area contributed by atoms with Gasteiger partial charge in [0.1, 0.15) is 23.9 Å². The van der Waals surface area contributed by atoms with E-state index in [1.165, 1.54) is 29.8 Å². The number of hydrogen-bond donors (Lipinski definition) is 0. The minimum Gasteiger partial charge on any atom is -0.494 e. The van der Waals surface area contributed by atoms with Gasteiger partial charge in [0.25, 0.3) is 0 Å². The molecule has 1 saturated heterocycles. The molecule has 0 saturated carbocycles. The van der Waals surface area contributed by atoms with Crippen LogP contribution in [0.25, 0.3) is 0 Å². The Bertz CT molecular complexity index is 810. The quantitative estimate of drug-likeness (QED) is 0.752. The van der Waals surface area contributed by atoms with Crippen LogP contribution in [-0.4, -0.2) is 50.3 Å². The molecule has 3 heterocycles. The third-order valence-electron chi connectivity index (χ3n) is 6.07. The van der Waals surface area contributed by atoms with Crippen LogP contribution >= 0.6 is 0 Å². The summed E-state index contributed by atoms with van der Waals surface area (Å²) in [6.45, 7) is 5.75. The highest BCUT2D eigenvalue weighted by Crippen LogP contribution is 2.50. The zero-order valence-electron chi connectivity index (χ0n) is 15.4. The molecule has 0 spiro atoms. The van der Waals surface area contributed by atoms with Crippen LogP contribution in [-0.2, 0) is 0 Å². The fourth-order valence-electron chi connectivity index (χ4n) is 4.86. The van der Waals surface area contributed by atoms with Gasteiger partial charge in [0.2, 0.25) is 0 Å². The minimum atomic E-state index is -0.228. The van der Waals surface area contributed by atoms with Gasteiger partial charge in [-0.2, -0.15) is 0 Å². The molecule has 1 fully saturated rings. The average molecular weight is 368 g/mol. The summed E-state index contributed by atoms with van der Waals surface area (Å²) in [4.78, 5) is 5.15. The fraction of sp³-hybridized carbons (Fsp3) is 0.455. The molecule has 2 aromatic carbocycles. The highest BCUT2D eigenvalue weighted by Gasteiger charge is 2.44. The second-order valence-corrected chi connectivity index (χ2v) is 7.65. The number of ether oxygens (including phenoxy) is 2. The molecule has 2 atom stereocenters. The van der Waals surface area contributed by atoms with Crippen molar-refractivity contribution in [1.82, 2.24) is 4.90 Å². The summed E-state index contributed by atoms with van der Waals surface area (Å²) in [5, 5.41) is 0. The molecule has 3 aliphatic rings. The second kappa shape index (κ2) is 7.04. The molecule has 0 aliphatic carbocycles. The van der Waals surface area contributed by atoms with Gasteiger partial charge in [-0.05, 0) is 48.7 Å². The SMILES string of the molecule is Fc1ccc(OCCCN2CC[C@H]3[C@@H](C2)c2cccc4c2N3CCO4)cc1. The Kier molecular flexibility index (Phi) is 4.40. The molecule has 27 heavy (non-hydrogen) atoms. The van der Waals surface area contributed by atoms with Crippen LogP contribution in [0.3, 0.4) is 0 Å². The Labute approximate surface area is 159 Å². The monoisotopic (exact) mass is 368 g/mol. The Morgan fingerprint density at radius 1 is 1.11 bits per heavy atom. The van der Waals surface area contributed by atoms with E-state index in [0.717, 1.165) is 50.7 Å². The number of piperidine rings is 1. The Hall–Kier alpha value is -2.27. The Morgan fingerprint density at radius 3 is 2.89 bits per heavy atom. The smallest absolute Gasteiger partial charge is 0.142 e. The summed E-state index contributed by atoms with van der Waals surface area (Å²) in [6, 6.07) is 13.4. The maximum atomic E-state index is 12.9. The molecule has 0 unspecified atom stereocenters. The number of benzene rings is 2. The Morgan fingerprint density at radius 2 is 2.00 bits per heavy atom. The van der Waals surface area contributed by atoms with E-state index >= 15 is 0 Å². The van der Waals surface area contributed by atoms with E-state index in [2.05, 4.69) is 28.0 Å². The van der Waals surface area contributed by atoms with Gasteiger partial charge in [-0.25, -0.2) is 4.39 Å². The topological polar surface area (TPSA) is 24.9 Å². The lowest BCUT2D eigenvalue weighted by Crippen LogP contribution is -2.48. The third kappa shape index (κ3) is 3.14. The van der Waals surface area contributed by atoms with E-state index < -0.39 is 0 Å². The predicted octanol–water partition coefficient (Wildman–Crippen LogP) is 3.67. The van der Waals surface area contributed by atoms with Crippen LogP contribution in [0.1, 0.15) is 24.3 Å². The molecule has 5 heteroatoms. The summed E-state index contributed by atoms with van der Waals surface area (Å²) in [5.74, 6) is 2.15. The first-order chi connectivity index (χ1) is 13.3. The standard InChI is InChI=1S/C22H25FN2O2/c23-16-5-7-17(8-6-16)26-13-2-10-24-11-9-20-19(15-24)18-3-1-4-21-22(18)25(20)12-14-27-21/h1,3-8,19-20H,2,9-15H2/t19-,20-/m0/s1. The summed E-state index contributed by atoms with van der Waals surface area (Å²) in [5.41, 5.74) is 2.81. The van der Waals surface area contributed by atoms with Gasteiger partial charge < -0.3 is 19.3 Å². The van der Waals surface area contributed by atoms with Crippen LogP contribution in [0.15, 0.2) is 42.5 Å². The number of para-hydroxylation sites is 1. The zero-order valence-corrected chi connectivity index (χ0v) is 15.4. The summed E-state index contributed by atoms with van der Waals surface area (Å²) in [6.07, 6.45) is 2.19. The van der Waals surface area contributed by atoms with Crippen LogP contribution < -0.4 is 14.4 Å². The summed E-state index contributed by atoms with van der Waals surface area (Å²) < 4.78 is 24.6. The van der Waals surface area contributed by atoms with Crippen molar-refractivity contribution in [1.29, 1.82) is 0 Å². The van der Waals surface area contributed by atoms with Crippen molar-refractivity contribution in [2.75, 3.05) is 44.3 Å². The number of likely N-dealkylation sites (tertiary alicyclic amines) is 1. The predicted molar refractivity (Wildman–Crippen MR) is 103 cm³/mol. The molecule has 0 bridgehead atoms. The molecule has 4 nitrogen and oxygen atoms in total. The van der Waals surface area contributed by atoms with Crippen LogP contribution in [0.2, 0.25) is 0 Å². The van der Waals surface area contributed by atoms with Gasteiger partial charge in [0.15, 0.2) is 0 Å². The zero-order chi connectivity index (χ0) is 18.2. The van der Waals surface area contributed by atoms with Crippen LogP contribution in [0.4, 0.5) is 10.1 Å².